The summed E-state index contributed by atoms with van der Waals surface area (Å²) in [6.45, 7) is 13.4. The molecular weight excluding hydrogens is 242 g/mol. The van der Waals surface area contributed by atoms with Gasteiger partial charge in [-0.05, 0) is 67.7 Å². The van der Waals surface area contributed by atoms with Crippen molar-refractivity contribution in [3.63, 3.8) is 0 Å². The summed E-state index contributed by atoms with van der Waals surface area (Å²) in [6.07, 6.45) is 11.4. The predicted octanol–water partition coefficient (Wildman–Crippen LogP) is 5.40. The molecule has 2 aliphatic carbocycles. The summed E-state index contributed by atoms with van der Waals surface area (Å²) in [7, 11) is 0. The van der Waals surface area contributed by atoms with Gasteiger partial charge >= 0.3 is 0 Å². The molecular formula is C19H37N. The van der Waals surface area contributed by atoms with Gasteiger partial charge in [-0.1, -0.05) is 47.5 Å². The summed E-state index contributed by atoms with van der Waals surface area (Å²) in [6, 6.07) is 0.761. The first-order valence-electron chi connectivity index (χ1n) is 9.02. The van der Waals surface area contributed by atoms with Crippen molar-refractivity contribution >= 4 is 0 Å². The van der Waals surface area contributed by atoms with Crippen molar-refractivity contribution in [2.45, 2.75) is 92.0 Å². The lowest BCUT2D eigenvalue weighted by molar-refractivity contribution is 0.130. The van der Waals surface area contributed by atoms with Crippen molar-refractivity contribution in [1.29, 1.82) is 0 Å². The fourth-order valence-corrected chi connectivity index (χ4v) is 4.41. The molecule has 0 amide bonds. The topological polar surface area (TPSA) is 12.0 Å². The van der Waals surface area contributed by atoms with Gasteiger partial charge in [-0.25, -0.2) is 0 Å². The van der Waals surface area contributed by atoms with Crippen LogP contribution in [0.5, 0.6) is 0 Å². The highest BCUT2D eigenvalue weighted by molar-refractivity contribution is 4.89. The fraction of sp³-hybridized carbons (Fsp3) is 1.00. The second-order valence-corrected chi connectivity index (χ2v) is 9.28. The van der Waals surface area contributed by atoms with Crippen LogP contribution >= 0.6 is 0 Å². The zero-order chi connectivity index (χ0) is 14.8. The standard InChI is InChI=1S/C19H37N/c1-18(2,3)16-11-9-15(10-12-16)14-20-17-8-6-7-13-19(17,4)5/h15-17,20H,6-14H2,1-5H3. The van der Waals surface area contributed by atoms with E-state index in [9.17, 15) is 0 Å². The van der Waals surface area contributed by atoms with Crippen LogP contribution in [0.2, 0.25) is 0 Å². The van der Waals surface area contributed by atoms with Crippen molar-refractivity contribution < 1.29 is 0 Å². The van der Waals surface area contributed by atoms with Crippen molar-refractivity contribution in [1.82, 2.24) is 5.32 Å². The van der Waals surface area contributed by atoms with E-state index in [2.05, 4.69) is 39.9 Å². The maximum atomic E-state index is 3.94. The van der Waals surface area contributed by atoms with Gasteiger partial charge in [-0.2, -0.15) is 0 Å². The second kappa shape index (κ2) is 6.38. The number of nitrogens with one attached hydrogen (secondary N) is 1. The zero-order valence-corrected chi connectivity index (χ0v) is 14.6. The Labute approximate surface area is 127 Å². The molecule has 0 spiro atoms. The molecule has 1 heteroatoms. The van der Waals surface area contributed by atoms with E-state index in [1.807, 2.05) is 0 Å². The molecule has 0 aliphatic heterocycles. The van der Waals surface area contributed by atoms with Crippen LogP contribution in [0.4, 0.5) is 0 Å². The minimum Gasteiger partial charge on any atom is -0.313 e. The van der Waals surface area contributed by atoms with E-state index in [4.69, 9.17) is 0 Å². The number of rotatable bonds is 3. The first-order chi connectivity index (χ1) is 9.29. The van der Waals surface area contributed by atoms with Crippen LogP contribution in [0.1, 0.15) is 86.0 Å². The highest BCUT2D eigenvalue weighted by atomic mass is 14.9. The maximum absolute atomic E-state index is 3.94. The average Bonchev–Trinajstić information content (AvgIpc) is 2.36. The molecule has 0 heterocycles. The average molecular weight is 280 g/mol. The molecule has 0 saturated heterocycles. The molecule has 0 radical (unpaired) electrons. The van der Waals surface area contributed by atoms with Crippen molar-refractivity contribution in [3.05, 3.63) is 0 Å². The molecule has 20 heavy (non-hydrogen) atoms. The monoisotopic (exact) mass is 279 g/mol. The lowest BCUT2D eigenvalue weighted by Crippen LogP contribution is -2.46. The first-order valence-corrected chi connectivity index (χ1v) is 9.02. The minimum atomic E-state index is 0.515. The van der Waals surface area contributed by atoms with Gasteiger partial charge in [-0.3, -0.25) is 0 Å². The molecule has 2 aliphatic rings. The fourth-order valence-electron chi connectivity index (χ4n) is 4.41. The Morgan fingerprint density at radius 3 is 2.15 bits per heavy atom. The van der Waals surface area contributed by atoms with Gasteiger partial charge < -0.3 is 5.32 Å². The molecule has 0 bridgehead atoms. The summed E-state index contributed by atoms with van der Waals surface area (Å²) in [4.78, 5) is 0. The summed E-state index contributed by atoms with van der Waals surface area (Å²) in [5.41, 5.74) is 1.03. The Morgan fingerprint density at radius 2 is 1.60 bits per heavy atom. The van der Waals surface area contributed by atoms with E-state index in [1.165, 1.54) is 57.9 Å². The van der Waals surface area contributed by atoms with Crippen LogP contribution in [-0.2, 0) is 0 Å². The molecule has 1 nitrogen and oxygen atoms in total. The van der Waals surface area contributed by atoms with Gasteiger partial charge in [0.05, 0.1) is 0 Å². The molecule has 0 aromatic rings. The molecule has 2 fully saturated rings. The highest BCUT2D eigenvalue weighted by Crippen LogP contribution is 2.40. The van der Waals surface area contributed by atoms with Gasteiger partial charge in [0.2, 0.25) is 0 Å². The van der Waals surface area contributed by atoms with E-state index >= 15 is 0 Å². The van der Waals surface area contributed by atoms with Gasteiger partial charge in [0, 0.05) is 6.04 Å². The van der Waals surface area contributed by atoms with Gasteiger partial charge in [-0.15, -0.1) is 0 Å². The Balaban J connectivity index is 1.73. The highest BCUT2D eigenvalue weighted by Gasteiger charge is 2.33. The Morgan fingerprint density at radius 1 is 0.950 bits per heavy atom. The summed E-state index contributed by atoms with van der Waals surface area (Å²) in [5, 5.41) is 3.94. The quantitative estimate of drug-likeness (QED) is 0.729. The van der Waals surface area contributed by atoms with Crippen LogP contribution in [0.25, 0.3) is 0 Å². The third-order valence-corrected chi connectivity index (χ3v) is 6.23. The second-order valence-electron chi connectivity index (χ2n) is 9.28. The summed E-state index contributed by atoms with van der Waals surface area (Å²) < 4.78 is 0. The lowest BCUT2D eigenvalue weighted by atomic mass is 9.69. The number of hydrogen-bond donors (Lipinski definition) is 1. The minimum absolute atomic E-state index is 0.515. The van der Waals surface area contributed by atoms with Crippen molar-refractivity contribution in [3.8, 4) is 0 Å². The van der Waals surface area contributed by atoms with Crippen molar-refractivity contribution in [2.24, 2.45) is 22.7 Å². The van der Waals surface area contributed by atoms with Crippen LogP contribution in [0, 0.1) is 22.7 Å². The van der Waals surface area contributed by atoms with E-state index in [0.717, 1.165) is 17.9 Å². The molecule has 2 rings (SSSR count). The van der Waals surface area contributed by atoms with Crippen LogP contribution < -0.4 is 5.32 Å². The van der Waals surface area contributed by atoms with Crippen molar-refractivity contribution in [2.75, 3.05) is 6.54 Å². The lowest BCUT2D eigenvalue weighted by Gasteiger charge is -2.41. The third-order valence-electron chi connectivity index (χ3n) is 6.23. The number of hydrogen-bond acceptors (Lipinski definition) is 1. The SMILES string of the molecule is CC(C)(C)C1CCC(CNC2CCCCC2(C)C)CC1. The Bertz CT molecular complexity index is 291. The molecule has 2 saturated carbocycles. The zero-order valence-electron chi connectivity index (χ0n) is 14.6. The Kier molecular flexibility index (Phi) is 5.21. The molecule has 0 aromatic carbocycles. The molecule has 118 valence electrons. The van der Waals surface area contributed by atoms with Gasteiger partial charge in [0.1, 0.15) is 0 Å². The normalized spacial score (nSPS) is 35.0. The Hall–Kier alpha value is -0.0400. The largest absolute Gasteiger partial charge is 0.313 e. The van der Waals surface area contributed by atoms with Gasteiger partial charge in [0.25, 0.3) is 0 Å². The van der Waals surface area contributed by atoms with E-state index in [0.29, 0.717) is 10.8 Å². The maximum Gasteiger partial charge on any atom is 0.0118 e. The summed E-state index contributed by atoms with van der Waals surface area (Å²) >= 11 is 0. The van der Waals surface area contributed by atoms with Crippen LogP contribution in [0.3, 0.4) is 0 Å². The first kappa shape index (κ1) is 16.3. The third kappa shape index (κ3) is 4.23. The molecule has 1 unspecified atom stereocenters. The smallest absolute Gasteiger partial charge is 0.0118 e. The van der Waals surface area contributed by atoms with E-state index in [-0.39, 0.29) is 0 Å². The van der Waals surface area contributed by atoms with Gasteiger partial charge in [0.15, 0.2) is 0 Å². The summed E-state index contributed by atoms with van der Waals surface area (Å²) in [5.74, 6) is 1.89. The van der Waals surface area contributed by atoms with E-state index < -0.39 is 0 Å². The van der Waals surface area contributed by atoms with Crippen LogP contribution in [0.15, 0.2) is 0 Å². The molecule has 1 atom stereocenters. The van der Waals surface area contributed by atoms with Crippen LogP contribution in [-0.4, -0.2) is 12.6 Å². The predicted molar refractivity (Wildman–Crippen MR) is 88.9 cm³/mol. The molecule has 0 aromatic heterocycles. The van der Waals surface area contributed by atoms with E-state index in [1.54, 1.807) is 0 Å². The molecule has 1 N–H and O–H groups in total.